The van der Waals surface area contributed by atoms with Crippen LogP contribution < -0.4 is 14.8 Å². The second-order valence-corrected chi connectivity index (χ2v) is 10.6. The molecule has 3 aromatic carbocycles. The second-order valence-electron chi connectivity index (χ2n) is 8.88. The van der Waals surface area contributed by atoms with Crippen molar-refractivity contribution < 1.29 is 17.9 Å². The predicted octanol–water partition coefficient (Wildman–Crippen LogP) is 5.63. The summed E-state index contributed by atoms with van der Waals surface area (Å²) in [7, 11) is -2.10. The Morgan fingerprint density at radius 1 is 0.941 bits per heavy atom. The predicted molar refractivity (Wildman–Crippen MR) is 136 cm³/mol. The average Bonchev–Trinajstić information content (AvgIpc) is 2.80. The summed E-state index contributed by atoms with van der Waals surface area (Å²) in [5, 5.41) is 3.13. The van der Waals surface area contributed by atoms with Crippen LogP contribution in [-0.4, -0.2) is 21.4 Å². The van der Waals surface area contributed by atoms with E-state index in [1.54, 1.807) is 56.5 Å². The molecule has 0 heterocycles. The van der Waals surface area contributed by atoms with Crippen LogP contribution >= 0.6 is 0 Å². The van der Waals surface area contributed by atoms with E-state index in [4.69, 9.17) is 4.74 Å². The van der Waals surface area contributed by atoms with E-state index in [2.05, 4.69) is 23.9 Å². The fourth-order valence-electron chi connectivity index (χ4n) is 3.67. The summed E-state index contributed by atoms with van der Waals surface area (Å²) in [4.78, 5) is 13.3. The molecule has 34 heavy (non-hydrogen) atoms. The summed E-state index contributed by atoms with van der Waals surface area (Å²) in [6.07, 6.45) is 0.783. The van der Waals surface area contributed by atoms with Gasteiger partial charge in [-0.25, -0.2) is 8.42 Å². The summed E-state index contributed by atoms with van der Waals surface area (Å²) < 4.78 is 33.3. The third kappa shape index (κ3) is 6.38. The molecule has 0 radical (unpaired) electrons. The van der Waals surface area contributed by atoms with Crippen LogP contribution in [0.1, 0.15) is 53.4 Å². The van der Waals surface area contributed by atoms with E-state index in [1.165, 1.54) is 0 Å². The van der Waals surface area contributed by atoms with Gasteiger partial charge in [0.1, 0.15) is 5.75 Å². The molecule has 3 rings (SSSR count). The molecule has 0 bridgehead atoms. The zero-order valence-electron chi connectivity index (χ0n) is 20.3. The highest BCUT2D eigenvalue weighted by Gasteiger charge is 2.19. The van der Waals surface area contributed by atoms with Gasteiger partial charge in [0.2, 0.25) is 0 Å². The van der Waals surface area contributed by atoms with Gasteiger partial charge in [-0.2, -0.15) is 0 Å². The van der Waals surface area contributed by atoms with E-state index in [-0.39, 0.29) is 16.8 Å². The zero-order chi connectivity index (χ0) is 24.9. The Morgan fingerprint density at radius 2 is 1.59 bits per heavy atom. The number of nitrogens with one attached hydrogen (secondary N) is 2. The van der Waals surface area contributed by atoms with Crippen LogP contribution in [0.4, 0.5) is 5.69 Å². The quantitative estimate of drug-likeness (QED) is 0.416. The summed E-state index contributed by atoms with van der Waals surface area (Å²) >= 11 is 0. The fourth-order valence-corrected chi connectivity index (χ4v) is 4.80. The number of rotatable bonds is 9. The lowest BCUT2D eigenvalue weighted by atomic mass is 9.96. The first-order valence-corrected chi connectivity index (χ1v) is 12.7. The van der Waals surface area contributed by atoms with E-state index in [9.17, 15) is 13.2 Å². The van der Waals surface area contributed by atoms with E-state index in [0.29, 0.717) is 22.7 Å². The highest BCUT2D eigenvalue weighted by Crippen LogP contribution is 2.25. The number of hydrogen-bond acceptors (Lipinski definition) is 4. The molecule has 7 heteroatoms. The molecule has 0 unspecified atom stereocenters. The lowest BCUT2D eigenvalue weighted by molar-refractivity contribution is 0.0932. The van der Waals surface area contributed by atoms with Crippen LogP contribution in [-0.2, 0) is 10.0 Å². The van der Waals surface area contributed by atoms with Crippen molar-refractivity contribution in [1.29, 1.82) is 0 Å². The number of anilines is 1. The number of hydrogen-bond donors (Lipinski definition) is 2. The number of carbonyl (C=O) groups excluding carboxylic acids is 1. The van der Waals surface area contributed by atoms with Gasteiger partial charge < -0.3 is 10.1 Å². The molecule has 0 spiro atoms. The molecule has 1 amide bonds. The molecule has 0 saturated heterocycles. The van der Waals surface area contributed by atoms with Crippen molar-refractivity contribution in [2.24, 2.45) is 5.92 Å². The fraction of sp³-hybridized carbons (Fsp3) is 0.296. The minimum Gasteiger partial charge on any atom is -0.497 e. The first-order chi connectivity index (χ1) is 16.1. The van der Waals surface area contributed by atoms with Gasteiger partial charge in [-0.3, -0.25) is 9.52 Å². The summed E-state index contributed by atoms with van der Waals surface area (Å²) in [6.45, 7) is 7.90. The lowest BCUT2D eigenvalue weighted by Crippen LogP contribution is -2.29. The molecule has 2 N–H and O–H groups in total. The van der Waals surface area contributed by atoms with E-state index >= 15 is 0 Å². The maximum Gasteiger partial charge on any atom is 0.261 e. The highest BCUT2D eigenvalue weighted by molar-refractivity contribution is 7.92. The molecule has 0 saturated carbocycles. The maximum absolute atomic E-state index is 13.1. The molecule has 0 aliphatic heterocycles. The van der Waals surface area contributed by atoms with Crippen LogP contribution in [0.2, 0.25) is 0 Å². The van der Waals surface area contributed by atoms with Crippen LogP contribution in [0.3, 0.4) is 0 Å². The molecular weight excluding hydrogens is 448 g/mol. The molecule has 180 valence electrons. The number of carbonyl (C=O) groups is 1. The Labute approximate surface area is 202 Å². The Kier molecular flexibility index (Phi) is 7.99. The number of methoxy groups -OCH3 is 1. The normalized spacial score (nSPS) is 12.3. The summed E-state index contributed by atoms with van der Waals surface area (Å²) in [6, 6.07) is 19.1. The third-order valence-corrected chi connectivity index (χ3v) is 6.98. The Balaban J connectivity index is 1.77. The van der Waals surface area contributed by atoms with E-state index in [1.807, 2.05) is 31.2 Å². The van der Waals surface area contributed by atoms with Gasteiger partial charge in [0.25, 0.3) is 15.9 Å². The number of aryl methyl sites for hydroxylation is 2. The van der Waals surface area contributed by atoms with Crippen LogP contribution in [0, 0.1) is 19.8 Å². The SMILES string of the molecule is COc1ccc([C@H](CC(C)C)NC(=O)c2ccc(NS(=O)(=O)c3ccc(C)cc3)c(C)c2)cc1. The largest absolute Gasteiger partial charge is 0.497 e. The van der Waals surface area contributed by atoms with Gasteiger partial charge in [-0.1, -0.05) is 43.7 Å². The first-order valence-electron chi connectivity index (χ1n) is 11.2. The average molecular weight is 481 g/mol. The van der Waals surface area contributed by atoms with Crippen molar-refractivity contribution in [2.75, 3.05) is 11.8 Å². The van der Waals surface area contributed by atoms with Crippen LogP contribution in [0.25, 0.3) is 0 Å². The highest BCUT2D eigenvalue weighted by atomic mass is 32.2. The Bertz CT molecular complexity index is 1230. The minimum atomic E-state index is -3.72. The second kappa shape index (κ2) is 10.7. The van der Waals surface area contributed by atoms with Crippen molar-refractivity contribution in [3.05, 3.63) is 89.0 Å². The number of sulfonamides is 1. The summed E-state index contributed by atoms with van der Waals surface area (Å²) in [5.74, 6) is 0.933. The molecule has 0 aromatic heterocycles. The molecule has 0 fully saturated rings. The topological polar surface area (TPSA) is 84.5 Å². The van der Waals surface area contributed by atoms with Crippen molar-refractivity contribution in [2.45, 2.75) is 45.1 Å². The third-order valence-electron chi connectivity index (χ3n) is 5.59. The van der Waals surface area contributed by atoms with E-state index in [0.717, 1.165) is 23.3 Å². The molecule has 0 aliphatic carbocycles. The van der Waals surface area contributed by atoms with Crippen molar-refractivity contribution in [3.63, 3.8) is 0 Å². The van der Waals surface area contributed by atoms with Gasteiger partial charge in [0.15, 0.2) is 0 Å². The lowest BCUT2D eigenvalue weighted by Gasteiger charge is -2.22. The van der Waals surface area contributed by atoms with E-state index < -0.39 is 10.0 Å². The molecule has 0 aliphatic rings. The van der Waals surface area contributed by atoms with Gasteiger partial charge in [-0.15, -0.1) is 0 Å². The Hall–Kier alpha value is -3.32. The van der Waals surface area contributed by atoms with Crippen molar-refractivity contribution in [3.8, 4) is 5.75 Å². The van der Waals surface area contributed by atoms with Crippen LogP contribution in [0.5, 0.6) is 5.75 Å². The number of amides is 1. The number of ether oxygens (including phenoxy) is 1. The molecule has 6 nitrogen and oxygen atoms in total. The Morgan fingerprint density at radius 3 is 2.15 bits per heavy atom. The molecular formula is C27H32N2O4S. The zero-order valence-corrected chi connectivity index (χ0v) is 21.1. The molecule has 3 aromatic rings. The standard InChI is InChI=1S/C27H32N2O4S/c1-18(2)16-26(21-8-11-23(33-5)12-9-21)28-27(30)22-10-15-25(20(4)17-22)29-34(31,32)24-13-6-19(3)7-14-24/h6-15,17-18,26,29H,16H2,1-5H3,(H,28,30)/t26-/m0/s1. The van der Waals surface area contributed by atoms with Crippen molar-refractivity contribution in [1.82, 2.24) is 5.32 Å². The van der Waals surface area contributed by atoms with Gasteiger partial charge in [-0.05, 0) is 79.8 Å². The van der Waals surface area contributed by atoms with Gasteiger partial charge >= 0.3 is 0 Å². The van der Waals surface area contributed by atoms with Crippen LogP contribution in [0.15, 0.2) is 71.6 Å². The number of benzene rings is 3. The first kappa shape index (κ1) is 25.3. The summed E-state index contributed by atoms with van der Waals surface area (Å²) in [5.41, 5.74) is 3.55. The van der Waals surface area contributed by atoms with Crippen molar-refractivity contribution >= 4 is 21.6 Å². The smallest absolute Gasteiger partial charge is 0.261 e. The minimum absolute atomic E-state index is 0.154. The van der Waals surface area contributed by atoms with Gasteiger partial charge in [0, 0.05) is 5.56 Å². The monoisotopic (exact) mass is 480 g/mol. The molecule has 1 atom stereocenters. The van der Waals surface area contributed by atoms with Gasteiger partial charge in [0.05, 0.1) is 23.7 Å². The maximum atomic E-state index is 13.1.